The van der Waals surface area contributed by atoms with E-state index < -0.39 is 24.8 Å². The highest BCUT2D eigenvalue weighted by atomic mass is 16.5. The number of carboxylic acids is 1. The first kappa shape index (κ1) is 14.8. The van der Waals surface area contributed by atoms with Crippen LogP contribution in [-0.2, 0) is 20.9 Å². The number of hydrogen-bond acceptors (Lipinski definition) is 4. The first-order valence-corrected chi connectivity index (χ1v) is 6.55. The third-order valence-electron chi connectivity index (χ3n) is 3.13. The second kappa shape index (κ2) is 6.74. The molecular weight excluding hydrogens is 276 g/mol. The number of carbonyl (C=O) groups is 3. The van der Waals surface area contributed by atoms with Crippen LogP contribution in [0.2, 0.25) is 0 Å². The van der Waals surface area contributed by atoms with Crippen molar-refractivity contribution >= 4 is 18.0 Å². The van der Waals surface area contributed by atoms with Crippen molar-refractivity contribution in [2.45, 2.75) is 25.6 Å². The zero-order valence-electron chi connectivity index (χ0n) is 11.3. The number of aliphatic carboxylic acids is 1. The van der Waals surface area contributed by atoms with Gasteiger partial charge in [0, 0.05) is 6.42 Å². The Labute approximate surface area is 121 Å². The lowest BCUT2D eigenvalue weighted by atomic mass is 10.2. The topological polar surface area (TPSA) is 95.9 Å². The van der Waals surface area contributed by atoms with E-state index in [1.165, 1.54) is 0 Å². The molecule has 0 aromatic heterocycles. The van der Waals surface area contributed by atoms with Gasteiger partial charge in [0.05, 0.1) is 0 Å². The Kier molecular flexibility index (Phi) is 4.76. The fourth-order valence-corrected chi connectivity index (χ4v) is 2.13. The van der Waals surface area contributed by atoms with E-state index in [1.807, 2.05) is 30.3 Å². The normalized spacial score (nSPS) is 17.6. The van der Waals surface area contributed by atoms with Crippen LogP contribution in [0.25, 0.3) is 0 Å². The standard InChI is InChI=1S/C14H16N2O5/c17-12-7-6-11(16(12)8-13(18)19)15-14(20)21-9-10-4-2-1-3-5-10/h1-5,11H,6-9H2,(H,15,20)(H,18,19)/t11-/m0/s1. The highest BCUT2D eigenvalue weighted by Crippen LogP contribution is 2.16. The average molecular weight is 292 g/mol. The minimum Gasteiger partial charge on any atom is -0.480 e. The SMILES string of the molecule is O=C(O)CN1C(=O)CC[C@H]1NC(=O)OCc1ccccc1. The number of ether oxygens (including phenoxy) is 1. The van der Waals surface area contributed by atoms with Gasteiger partial charge in [-0.05, 0) is 12.0 Å². The molecule has 7 heteroatoms. The third kappa shape index (κ3) is 4.20. The quantitative estimate of drug-likeness (QED) is 0.842. The second-order valence-corrected chi connectivity index (χ2v) is 4.68. The first-order valence-electron chi connectivity index (χ1n) is 6.55. The van der Waals surface area contributed by atoms with Crippen molar-refractivity contribution in [3.8, 4) is 0 Å². The predicted molar refractivity (Wildman–Crippen MR) is 72.1 cm³/mol. The lowest BCUT2D eigenvalue weighted by Crippen LogP contribution is -2.47. The van der Waals surface area contributed by atoms with Crippen LogP contribution >= 0.6 is 0 Å². The molecule has 1 heterocycles. The van der Waals surface area contributed by atoms with Crippen LogP contribution in [0.1, 0.15) is 18.4 Å². The van der Waals surface area contributed by atoms with Crippen LogP contribution in [-0.4, -0.2) is 40.7 Å². The van der Waals surface area contributed by atoms with Crippen molar-refractivity contribution in [1.82, 2.24) is 10.2 Å². The summed E-state index contributed by atoms with van der Waals surface area (Å²) in [6, 6.07) is 9.17. The van der Waals surface area contributed by atoms with Gasteiger partial charge in [0.15, 0.2) is 0 Å². The Morgan fingerprint density at radius 2 is 2.05 bits per heavy atom. The number of benzene rings is 1. The van der Waals surface area contributed by atoms with Crippen molar-refractivity contribution in [2.24, 2.45) is 0 Å². The van der Waals surface area contributed by atoms with Crippen LogP contribution in [0.5, 0.6) is 0 Å². The number of nitrogens with one attached hydrogen (secondary N) is 1. The molecule has 0 bridgehead atoms. The number of carboxylic acid groups (broad SMARTS) is 1. The number of rotatable bonds is 5. The second-order valence-electron chi connectivity index (χ2n) is 4.68. The molecule has 1 aliphatic heterocycles. The summed E-state index contributed by atoms with van der Waals surface area (Å²) in [5, 5.41) is 11.3. The highest BCUT2D eigenvalue weighted by Gasteiger charge is 2.33. The molecule has 1 aliphatic rings. The largest absolute Gasteiger partial charge is 0.480 e. The first-order chi connectivity index (χ1) is 10.1. The Balaban J connectivity index is 1.84. The predicted octanol–water partition coefficient (Wildman–Crippen LogP) is 0.946. The summed E-state index contributed by atoms with van der Waals surface area (Å²) < 4.78 is 5.04. The molecule has 0 aliphatic carbocycles. The molecule has 1 fully saturated rings. The maximum absolute atomic E-state index is 11.7. The van der Waals surface area contributed by atoms with E-state index in [0.29, 0.717) is 6.42 Å². The van der Waals surface area contributed by atoms with Gasteiger partial charge in [-0.25, -0.2) is 4.79 Å². The fourth-order valence-electron chi connectivity index (χ4n) is 2.13. The number of carbonyl (C=O) groups excluding carboxylic acids is 2. The summed E-state index contributed by atoms with van der Waals surface area (Å²) in [6.45, 7) is -0.311. The van der Waals surface area contributed by atoms with Crippen LogP contribution < -0.4 is 5.32 Å². The molecule has 0 spiro atoms. The van der Waals surface area contributed by atoms with Crippen LogP contribution in [0.4, 0.5) is 4.79 Å². The van der Waals surface area contributed by atoms with Gasteiger partial charge >= 0.3 is 12.1 Å². The van der Waals surface area contributed by atoms with E-state index in [1.54, 1.807) is 0 Å². The highest BCUT2D eigenvalue weighted by molar-refractivity contribution is 5.84. The molecule has 7 nitrogen and oxygen atoms in total. The Bertz CT molecular complexity index is 531. The van der Waals surface area contributed by atoms with E-state index >= 15 is 0 Å². The van der Waals surface area contributed by atoms with Crippen molar-refractivity contribution in [3.05, 3.63) is 35.9 Å². The number of nitrogens with zero attached hydrogens (tertiary/aromatic N) is 1. The van der Waals surface area contributed by atoms with E-state index in [0.717, 1.165) is 10.5 Å². The van der Waals surface area contributed by atoms with E-state index in [4.69, 9.17) is 9.84 Å². The van der Waals surface area contributed by atoms with E-state index in [-0.39, 0.29) is 18.9 Å². The Morgan fingerprint density at radius 1 is 1.33 bits per heavy atom. The molecule has 2 rings (SSSR count). The van der Waals surface area contributed by atoms with Gasteiger partial charge < -0.3 is 20.1 Å². The maximum Gasteiger partial charge on any atom is 0.409 e. The fraction of sp³-hybridized carbons (Fsp3) is 0.357. The van der Waals surface area contributed by atoms with Gasteiger partial charge in [-0.2, -0.15) is 0 Å². The average Bonchev–Trinajstić information content (AvgIpc) is 2.79. The van der Waals surface area contributed by atoms with E-state index in [2.05, 4.69) is 5.32 Å². The van der Waals surface area contributed by atoms with Gasteiger partial charge in [0.25, 0.3) is 0 Å². The van der Waals surface area contributed by atoms with E-state index in [9.17, 15) is 14.4 Å². The summed E-state index contributed by atoms with van der Waals surface area (Å²) in [6.07, 6.45) is -0.700. The minimum absolute atomic E-state index is 0.117. The summed E-state index contributed by atoms with van der Waals surface area (Å²) in [5.74, 6) is -1.40. The molecule has 0 saturated carbocycles. The van der Waals surface area contributed by atoms with Gasteiger partial charge in [-0.1, -0.05) is 30.3 Å². The molecule has 21 heavy (non-hydrogen) atoms. The summed E-state index contributed by atoms with van der Waals surface area (Å²) in [4.78, 5) is 35.1. The Morgan fingerprint density at radius 3 is 2.71 bits per heavy atom. The minimum atomic E-state index is -1.12. The van der Waals surface area contributed by atoms with Gasteiger partial charge in [0.2, 0.25) is 5.91 Å². The molecule has 1 aromatic rings. The number of hydrogen-bond donors (Lipinski definition) is 2. The van der Waals surface area contributed by atoms with Gasteiger partial charge in [-0.15, -0.1) is 0 Å². The smallest absolute Gasteiger partial charge is 0.409 e. The number of alkyl carbamates (subject to hydrolysis) is 1. The monoisotopic (exact) mass is 292 g/mol. The van der Waals surface area contributed by atoms with Crippen LogP contribution in [0.15, 0.2) is 30.3 Å². The van der Waals surface area contributed by atoms with Crippen molar-refractivity contribution in [2.75, 3.05) is 6.54 Å². The molecule has 2 amide bonds. The summed E-state index contributed by atoms with van der Waals surface area (Å²) in [7, 11) is 0. The van der Waals surface area contributed by atoms with Crippen LogP contribution in [0, 0.1) is 0 Å². The lowest BCUT2D eigenvalue weighted by Gasteiger charge is -2.23. The molecule has 1 saturated heterocycles. The third-order valence-corrected chi connectivity index (χ3v) is 3.13. The Hall–Kier alpha value is -2.57. The van der Waals surface area contributed by atoms with Gasteiger partial charge in [0.1, 0.15) is 19.3 Å². The molecule has 2 N–H and O–H groups in total. The van der Waals surface area contributed by atoms with Gasteiger partial charge in [-0.3, -0.25) is 9.59 Å². The maximum atomic E-state index is 11.7. The van der Waals surface area contributed by atoms with Crippen molar-refractivity contribution in [3.63, 3.8) is 0 Å². The summed E-state index contributed by atoms with van der Waals surface area (Å²) in [5.41, 5.74) is 0.845. The number of likely N-dealkylation sites (tertiary alicyclic amines) is 1. The summed E-state index contributed by atoms with van der Waals surface area (Å²) >= 11 is 0. The molecule has 112 valence electrons. The zero-order valence-corrected chi connectivity index (χ0v) is 11.3. The zero-order chi connectivity index (χ0) is 15.2. The number of amides is 2. The molecule has 1 atom stereocenters. The van der Waals surface area contributed by atoms with Crippen molar-refractivity contribution < 1.29 is 24.2 Å². The lowest BCUT2D eigenvalue weighted by molar-refractivity contribution is -0.144. The van der Waals surface area contributed by atoms with Crippen LogP contribution in [0.3, 0.4) is 0 Å². The molecular formula is C14H16N2O5. The van der Waals surface area contributed by atoms with Crippen molar-refractivity contribution in [1.29, 1.82) is 0 Å². The molecule has 0 radical (unpaired) electrons. The molecule has 0 unspecified atom stereocenters. The molecule has 1 aromatic carbocycles.